The van der Waals surface area contributed by atoms with Gasteiger partial charge in [-0.15, -0.1) is 0 Å². The third-order valence-corrected chi connectivity index (χ3v) is 7.74. The Morgan fingerprint density at radius 1 is 1.27 bits per heavy atom. The molecule has 0 aromatic carbocycles. The SMILES string of the molecule is CCCCn1c(N2CCC(C)CC2)c(C=C2SC(=S)N(CC(C)C)C2=O)c(C)c(C#N)c1=O. The maximum atomic E-state index is 13.3. The number of amides is 1. The number of nitriles is 1. The minimum absolute atomic E-state index is 0.0962. The first kappa shape index (κ1) is 25.5. The van der Waals surface area contributed by atoms with E-state index in [0.29, 0.717) is 39.7 Å². The highest BCUT2D eigenvalue weighted by atomic mass is 32.2. The van der Waals surface area contributed by atoms with Crippen LogP contribution in [0.2, 0.25) is 0 Å². The standard InChI is InChI=1S/C25H34N4O2S2/c1-6-7-10-28-22(27-11-8-17(4)9-12-27)19(18(5)20(14-26)23(28)30)13-21-24(31)29(15-16(2)3)25(32)33-21/h13,16-17H,6-12,15H2,1-5H3. The zero-order valence-electron chi connectivity index (χ0n) is 20.3. The lowest BCUT2D eigenvalue weighted by Gasteiger charge is -2.35. The van der Waals surface area contributed by atoms with E-state index < -0.39 is 0 Å². The van der Waals surface area contributed by atoms with Gasteiger partial charge in [0.15, 0.2) is 0 Å². The second-order valence-electron chi connectivity index (χ2n) is 9.52. The Morgan fingerprint density at radius 3 is 2.52 bits per heavy atom. The van der Waals surface area contributed by atoms with Crippen LogP contribution < -0.4 is 10.5 Å². The first-order valence-electron chi connectivity index (χ1n) is 11.9. The molecule has 6 nitrogen and oxygen atoms in total. The van der Waals surface area contributed by atoms with Crippen LogP contribution >= 0.6 is 24.0 Å². The second-order valence-corrected chi connectivity index (χ2v) is 11.2. The summed E-state index contributed by atoms with van der Waals surface area (Å²) in [6, 6.07) is 2.13. The summed E-state index contributed by atoms with van der Waals surface area (Å²) in [7, 11) is 0. The van der Waals surface area contributed by atoms with Gasteiger partial charge >= 0.3 is 0 Å². The number of rotatable bonds is 7. The highest BCUT2D eigenvalue weighted by molar-refractivity contribution is 8.26. The summed E-state index contributed by atoms with van der Waals surface area (Å²) in [6.07, 6.45) is 5.77. The average molecular weight is 487 g/mol. The van der Waals surface area contributed by atoms with Crippen LogP contribution in [0.5, 0.6) is 0 Å². The van der Waals surface area contributed by atoms with E-state index in [2.05, 4.69) is 38.7 Å². The van der Waals surface area contributed by atoms with Crippen molar-refractivity contribution in [2.75, 3.05) is 24.5 Å². The molecule has 1 aromatic rings. The fraction of sp³-hybridized carbons (Fsp3) is 0.600. The Hall–Kier alpha value is -2.11. The number of carbonyl (C=O) groups is 1. The van der Waals surface area contributed by atoms with E-state index in [9.17, 15) is 14.9 Å². The number of carbonyl (C=O) groups excluding carboxylic acids is 1. The normalized spacial score (nSPS) is 18.6. The maximum Gasteiger partial charge on any atom is 0.270 e. The van der Waals surface area contributed by atoms with Crippen LogP contribution in [0.25, 0.3) is 6.08 Å². The number of unbranched alkanes of at least 4 members (excludes halogenated alkanes) is 1. The number of hydrogen-bond donors (Lipinski definition) is 0. The molecule has 2 saturated heterocycles. The lowest BCUT2D eigenvalue weighted by atomic mass is 9.97. The molecule has 0 radical (unpaired) electrons. The molecule has 1 amide bonds. The molecule has 0 spiro atoms. The molecule has 8 heteroatoms. The van der Waals surface area contributed by atoms with Crippen molar-refractivity contribution >= 4 is 46.1 Å². The zero-order valence-corrected chi connectivity index (χ0v) is 21.9. The molecule has 0 saturated carbocycles. The molecule has 33 heavy (non-hydrogen) atoms. The molecule has 0 unspecified atom stereocenters. The summed E-state index contributed by atoms with van der Waals surface area (Å²) in [4.78, 5) is 31.0. The molecule has 0 N–H and O–H groups in total. The molecule has 2 aliphatic rings. The Balaban J connectivity index is 2.20. The van der Waals surface area contributed by atoms with Crippen molar-refractivity contribution in [3.63, 3.8) is 0 Å². The number of piperidine rings is 1. The van der Waals surface area contributed by atoms with E-state index in [4.69, 9.17) is 12.2 Å². The minimum Gasteiger partial charge on any atom is -0.357 e. The van der Waals surface area contributed by atoms with Crippen LogP contribution in [0.3, 0.4) is 0 Å². The van der Waals surface area contributed by atoms with E-state index in [1.165, 1.54) is 11.8 Å². The predicted molar refractivity (Wildman–Crippen MR) is 140 cm³/mol. The zero-order chi connectivity index (χ0) is 24.3. The highest BCUT2D eigenvalue weighted by Gasteiger charge is 2.33. The number of pyridine rings is 1. The van der Waals surface area contributed by atoms with Crippen LogP contribution in [0.4, 0.5) is 5.82 Å². The Morgan fingerprint density at radius 2 is 1.94 bits per heavy atom. The summed E-state index contributed by atoms with van der Waals surface area (Å²) in [5.74, 6) is 1.69. The fourth-order valence-corrected chi connectivity index (χ4v) is 5.64. The van der Waals surface area contributed by atoms with E-state index in [1.807, 2.05) is 13.0 Å². The lowest BCUT2D eigenvalue weighted by Crippen LogP contribution is -2.39. The van der Waals surface area contributed by atoms with Gasteiger partial charge < -0.3 is 4.90 Å². The largest absolute Gasteiger partial charge is 0.357 e. The van der Waals surface area contributed by atoms with E-state index in [1.54, 1.807) is 9.47 Å². The summed E-state index contributed by atoms with van der Waals surface area (Å²) in [5, 5.41) is 9.81. The van der Waals surface area contributed by atoms with Gasteiger partial charge in [0.1, 0.15) is 21.8 Å². The summed E-state index contributed by atoms with van der Waals surface area (Å²) >= 11 is 6.80. The van der Waals surface area contributed by atoms with Gasteiger partial charge in [-0.2, -0.15) is 5.26 Å². The van der Waals surface area contributed by atoms with Gasteiger partial charge in [-0.3, -0.25) is 19.1 Å². The van der Waals surface area contributed by atoms with Crippen molar-refractivity contribution in [1.82, 2.24) is 9.47 Å². The van der Waals surface area contributed by atoms with Crippen LogP contribution in [0, 0.1) is 30.1 Å². The van der Waals surface area contributed by atoms with Crippen LogP contribution in [-0.2, 0) is 11.3 Å². The Bertz CT molecular complexity index is 1060. The number of thiocarbonyl (C=S) groups is 1. The number of anilines is 1. The van der Waals surface area contributed by atoms with Gasteiger partial charge in [0.2, 0.25) is 0 Å². The first-order valence-corrected chi connectivity index (χ1v) is 13.1. The van der Waals surface area contributed by atoms with E-state index >= 15 is 0 Å². The molecule has 2 aliphatic heterocycles. The van der Waals surface area contributed by atoms with E-state index in [-0.39, 0.29) is 17.0 Å². The van der Waals surface area contributed by atoms with Crippen LogP contribution in [0.15, 0.2) is 9.70 Å². The molecule has 2 fully saturated rings. The smallest absolute Gasteiger partial charge is 0.270 e. The van der Waals surface area contributed by atoms with Gasteiger partial charge in [-0.25, -0.2) is 0 Å². The molecular formula is C25H34N4O2S2. The quantitative estimate of drug-likeness (QED) is 0.402. The number of hydrogen-bond acceptors (Lipinski definition) is 6. The maximum absolute atomic E-state index is 13.3. The second kappa shape index (κ2) is 10.9. The third kappa shape index (κ3) is 5.36. The number of thioether (sulfide) groups is 1. The Kier molecular flexibility index (Phi) is 8.41. The molecular weight excluding hydrogens is 452 g/mol. The third-order valence-electron chi connectivity index (χ3n) is 6.36. The summed E-state index contributed by atoms with van der Waals surface area (Å²) in [6.45, 7) is 13.1. The van der Waals surface area contributed by atoms with Gasteiger partial charge in [0, 0.05) is 31.7 Å². The molecule has 0 aliphatic carbocycles. The molecule has 1 aromatic heterocycles. The first-order chi connectivity index (χ1) is 15.7. The number of aromatic nitrogens is 1. The van der Waals surface area contributed by atoms with Crippen molar-refractivity contribution in [1.29, 1.82) is 5.26 Å². The van der Waals surface area contributed by atoms with Gasteiger partial charge in [0.25, 0.3) is 11.5 Å². The van der Waals surface area contributed by atoms with E-state index in [0.717, 1.165) is 50.2 Å². The van der Waals surface area contributed by atoms with Crippen LogP contribution in [-0.4, -0.2) is 39.3 Å². The van der Waals surface area contributed by atoms with Crippen LogP contribution in [0.1, 0.15) is 70.1 Å². The Labute approximate surface area is 206 Å². The van der Waals surface area contributed by atoms with Gasteiger partial charge in [-0.05, 0) is 49.7 Å². The molecule has 178 valence electrons. The predicted octanol–water partition coefficient (Wildman–Crippen LogP) is 4.92. The van der Waals surface area contributed by atoms with Crippen molar-refractivity contribution in [3.05, 3.63) is 31.9 Å². The van der Waals surface area contributed by atoms with Crippen molar-refractivity contribution in [2.45, 2.75) is 66.8 Å². The lowest BCUT2D eigenvalue weighted by molar-refractivity contribution is -0.122. The monoisotopic (exact) mass is 486 g/mol. The van der Waals surface area contributed by atoms with Crippen molar-refractivity contribution in [3.8, 4) is 6.07 Å². The van der Waals surface area contributed by atoms with Crippen molar-refractivity contribution < 1.29 is 4.79 Å². The average Bonchev–Trinajstić information content (AvgIpc) is 3.03. The molecule has 3 heterocycles. The topological polar surface area (TPSA) is 69.3 Å². The summed E-state index contributed by atoms with van der Waals surface area (Å²) in [5.41, 5.74) is 1.35. The van der Waals surface area contributed by atoms with Gasteiger partial charge in [0.05, 0.1) is 4.91 Å². The molecule has 0 bridgehead atoms. The minimum atomic E-state index is -0.235. The molecule has 0 atom stereocenters. The number of nitrogens with zero attached hydrogens (tertiary/aromatic N) is 4. The summed E-state index contributed by atoms with van der Waals surface area (Å²) < 4.78 is 2.33. The molecule has 3 rings (SSSR count). The van der Waals surface area contributed by atoms with Gasteiger partial charge in [-0.1, -0.05) is 58.1 Å². The highest BCUT2D eigenvalue weighted by Crippen LogP contribution is 2.37. The fourth-order valence-electron chi connectivity index (χ4n) is 4.38. The van der Waals surface area contributed by atoms with Crippen molar-refractivity contribution in [2.24, 2.45) is 11.8 Å².